The fraction of sp³-hybridized carbons (Fsp3) is 0. The van der Waals surface area contributed by atoms with Crippen molar-refractivity contribution in [3.63, 3.8) is 0 Å². The molecule has 0 unspecified atom stereocenters. The first-order valence-electron chi connectivity index (χ1n) is 5.53. The number of carbonyl (C=O) groups is 1. The molecule has 0 aliphatic carbocycles. The minimum Gasteiger partial charge on any atom is -0.507 e. The van der Waals surface area contributed by atoms with Crippen molar-refractivity contribution in [2.75, 3.05) is 0 Å². The minimum absolute atomic E-state index is 0.132. The van der Waals surface area contributed by atoms with Gasteiger partial charge in [-0.3, -0.25) is 4.79 Å². The van der Waals surface area contributed by atoms with E-state index in [0.29, 0.717) is 21.2 Å². The highest BCUT2D eigenvalue weighted by Crippen LogP contribution is 2.18. The largest absolute Gasteiger partial charge is 0.507 e. The summed E-state index contributed by atoms with van der Waals surface area (Å²) in [5.74, 6) is -0.451. The third kappa shape index (κ3) is 3.60. The number of rotatable bonds is 3. The molecule has 0 fully saturated rings. The molecule has 96 valence electrons. The van der Waals surface area contributed by atoms with E-state index in [0.717, 1.165) is 6.08 Å². The highest BCUT2D eigenvalue weighted by molar-refractivity contribution is 6.31. The van der Waals surface area contributed by atoms with E-state index in [4.69, 9.17) is 23.2 Å². The Hall–Kier alpha value is -1.77. The van der Waals surface area contributed by atoms with Crippen LogP contribution in [0.5, 0.6) is 0 Å². The Kier molecular flexibility index (Phi) is 4.25. The van der Waals surface area contributed by atoms with E-state index in [1.165, 1.54) is 0 Å². The van der Waals surface area contributed by atoms with Gasteiger partial charge >= 0.3 is 0 Å². The molecular formula is C15H10Cl2O2. The lowest BCUT2D eigenvalue weighted by Crippen LogP contribution is -1.96. The van der Waals surface area contributed by atoms with Crippen molar-refractivity contribution in [1.82, 2.24) is 0 Å². The lowest BCUT2D eigenvalue weighted by molar-refractivity contribution is 0.104. The maximum atomic E-state index is 11.9. The van der Waals surface area contributed by atoms with Gasteiger partial charge in [-0.25, -0.2) is 0 Å². The molecule has 0 heterocycles. The van der Waals surface area contributed by atoms with E-state index in [1.54, 1.807) is 48.5 Å². The molecule has 2 aromatic rings. The maximum absolute atomic E-state index is 11.9. The highest BCUT2D eigenvalue weighted by atomic mass is 35.5. The highest BCUT2D eigenvalue weighted by Gasteiger charge is 2.07. The molecule has 0 saturated carbocycles. The molecule has 0 aromatic heterocycles. The average molecular weight is 293 g/mol. The summed E-state index contributed by atoms with van der Waals surface area (Å²) in [5.41, 5.74) is 0.906. The van der Waals surface area contributed by atoms with Crippen LogP contribution < -0.4 is 0 Å². The van der Waals surface area contributed by atoms with Crippen molar-refractivity contribution < 1.29 is 9.90 Å². The molecular weight excluding hydrogens is 283 g/mol. The molecule has 0 amide bonds. The number of hydrogen-bond acceptors (Lipinski definition) is 2. The molecule has 2 aromatic carbocycles. The second kappa shape index (κ2) is 5.91. The van der Waals surface area contributed by atoms with Gasteiger partial charge in [0.25, 0.3) is 0 Å². The van der Waals surface area contributed by atoms with Gasteiger partial charge in [-0.05, 0) is 24.3 Å². The monoisotopic (exact) mass is 292 g/mol. The summed E-state index contributed by atoms with van der Waals surface area (Å²) >= 11 is 11.6. The van der Waals surface area contributed by atoms with Crippen molar-refractivity contribution in [2.24, 2.45) is 0 Å². The van der Waals surface area contributed by atoms with Crippen molar-refractivity contribution >= 4 is 34.7 Å². The van der Waals surface area contributed by atoms with Crippen LogP contribution in [0, 0.1) is 0 Å². The Labute approximate surface area is 120 Å². The molecule has 2 nitrogen and oxygen atoms in total. The molecule has 0 aliphatic rings. The number of carbonyl (C=O) groups excluding carboxylic acids is 1. The van der Waals surface area contributed by atoms with E-state index in [2.05, 4.69) is 0 Å². The maximum Gasteiger partial charge on any atom is 0.189 e. The number of aliphatic hydroxyl groups is 1. The van der Waals surface area contributed by atoms with Crippen LogP contribution in [-0.4, -0.2) is 10.9 Å². The number of aliphatic hydroxyl groups excluding tert-OH is 1. The fourth-order valence-corrected chi connectivity index (χ4v) is 1.96. The van der Waals surface area contributed by atoms with Crippen LogP contribution in [-0.2, 0) is 0 Å². The van der Waals surface area contributed by atoms with Gasteiger partial charge in [0.15, 0.2) is 5.78 Å². The third-order valence-corrected chi connectivity index (χ3v) is 2.97. The second-order valence-corrected chi connectivity index (χ2v) is 4.79. The van der Waals surface area contributed by atoms with Crippen molar-refractivity contribution in [2.45, 2.75) is 0 Å². The molecule has 0 spiro atoms. The van der Waals surface area contributed by atoms with E-state index in [1.807, 2.05) is 0 Å². The van der Waals surface area contributed by atoms with Crippen molar-refractivity contribution in [3.05, 3.63) is 75.8 Å². The van der Waals surface area contributed by atoms with Crippen LogP contribution in [0.15, 0.2) is 54.6 Å². The molecule has 0 atom stereocenters. The number of halogens is 2. The molecule has 0 aliphatic heterocycles. The predicted octanol–water partition coefficient (Wildman–Crippen LogP) is 4.78. The second-order valence-electron chi connectivity index (χ2n) is 3.91. The standard InChI is InChI=1S/C15H10Cl2O2/c16-12-5-1-3-10(7-12)14(18)9-15(19)11-4-2-6-13(17)8-11/h1-9,18H. The topological polar surface area (TPSA) is 37.3 Å². The summed E-state index contributed by atoms with van der Waals surface area (Å²) in [6.07, 6.45) is 1.15. The Morgan fingerprint density at radius 3 is 2.05 bits per heavy atom. The van der Waals surface area contributed by atoms with Gasteiger partial charge < -0.3 is 5.11 Å². The van der Waals surface area contributed by atoms with Crippen LogP contribution in [0.2, 0.25) is 10.0 Å². The molecule has 1 N–H and O–H groups in total. The Morgan fingerprint density at radius 2 is 1.47 bits per heavy atom. The first-order chi connectivity index (χ1) is 9.06. The van der Waals surface area contributed by atoms with E-state index in [-0.39, 0.29) is 11.5 Å². The SMILES string of the molecule is O=C(C=C(O)c1cccc(Cl)c1)c1cccc(Cl)c1. The number of allylic oxidation sites excluding steroid dienone is 1. The van der Waals surface area contributed by atoms with Gasteiger partial charge in [-0.1, -0.05) is 47.5 Å². The number of ketones is 1. The Morgan fingerprint density at radius 1 is 0.947 bits per heavy atom. The Balaban J connectivity index is 2.28. The summed E-state index contributed by atoms with van der Waals surface area (Å²) in [5, 5.41) is 10.9. The van der Waals surface area contributed by atoms with Crippen molar-refractivity contribution in [1.29, 1.82) is 0 Å². The predicted molar refractivity (Wildman–Crippen MR) is 77.8 cm³/mol. The van der Waals surface area contributed by atoms with Gasteiger partial charge in [-0.2, -0.15) is 0 Å². The first kappa shape index (κ1) is 13.7. The van der Waals surface area contributed by atoms with E-state index < -0.39 is 0 Å². The van der Waals surface area contributed by atoms with Crippen LogP contribution in [0.4, 0.5) is 0 Å². The van der Waals surface area contributed by atoms with Gasteiger partial charge in [0.1, 0.15) is 5.76 Å². The molecule has 4 heteroatoms. The van der Waals surface area contributed by atoms with Gasteiger partial charge in [0.05, 0.1) is 0 Å². The first-order valence-corrected chi connectivity index (χ1v) is 6.28. The summed E-state index contributed by atoms with van der Waals surface area (Å²) < 4.78 is 0. The zero-order valence-electron chi connectivity index (χ0n) is 9.81. The number of benzene rings is 2. The van der Waals surface area contributed by atoms with E-state index in [9.17, 15) is 9.90 Å². The van der Waals surface area contributed by atoms with Crippen LogP contribution >= 0.6 is 23.2 Å². The molecule has 0 bridgehead atoms. The summed E-state index contributed by atoms with van der Waals surface area (Å²) in [7, 11) is 0. The van der Waals surface area contributed by atoms with Gasteiger partial charge in [0.2, 0.25) is 0 Å². The molecule has 0 saturated heterocycles. The molecule has 0 radical (unpaired) electrons. The third-order valence-electron chi connectivity index (χ3n) is 2.50. The average Bonchev–Trinajstić information content (AvgIpc) is 2.38. The lowest BCUT2D eigenvalue weighted by atomic mass is 10.1. The molecule has 19 heavy (non-hydrogen) atoms. The van der Waals surface area contributed by atoms with Crippen molar-refractivity contribution in [3.8, 4) is 0 Å². The number of hydrogen-bond donors (Lipinski definition) is 1. The Bertz CT molecular complexity index is 648. The quantitative estimate of drug-likeness (QED) is 0.502. The van der Waals surface area contributed by atoms with Gasteiger partial charge in [0, 0.05) is 27.2 Å². The smallest absolute Gasteiger partial charge is 0.189 e. The zero-order chi connectivity index (χ0) is 13.8. The van der Waals surface area contributed by atoms with Gasteiger partial charge in [-0.15, -0.1) is 0 Å². The van der Waals surface area contributed by atoms with Crippen LogP contribution in [0.1, 0.15) is 15.9 Å². The minimum atomic E-state index is -0.319. The summed E-state index contributed by atoms with van der Waals surface area (Å²) in [6.45, 7) is 0. The molecule has 2 rings (SSSR count). The zero-order valence-corrected chi connectivity index (χ0v) is 11.3. The van der Waals surface area contributed by atoms with Crippen LogP contribution in [0.25, 0.3) is 5.76 Å². The summed E-state index contributed by atoms with van der Waals surface area (Å²) in [4.78, 5) is 11.9. The lowest BCUT2D eigenvalue weighted by Gasteiger charge is -2.01. The fourth-order valence-electron chi connectivity index (χ4n) is 1.58. The van der Waals surface area contributed by atoms with E-state index >= 15 is 0 Å². The summed E-state index contributed by atoms with van der Waals surface area (Å²) in [6, 6.07) is 13.2. The van der Waals surface area contributed by atoms with Crippen LogP contribution in [0.3, 0.4) is 0 Å². The normalized spacial score (nSPS) is 11.4.